The predicted molar refractivity (Wildman–Crippen MR) is 84.5 cm³/mol. The second-order valence-electron chi connectivity index (χ2n) is 4.59. The van der Waals surface area contributed by atoms with Gasteiger partial charge in [0.05, 0.1) is 9.79 Å². The van der Waals surface area contributed by atoms with Gasteiger partial charge in [-0.1, -0.05) is 13.0 Å². The van der Waals surface area contributed by atoms with Gasteiger partial charge in [-0.3, -0.25) is 4.72 Å². The first kappa shape index (κ1) is 17.4. The lowest BCUT2D eigenvalue weighted by molar-refractivity contribution is 0.584. The first-order valence-electron chi connectivity index (χ1n) is 6.63. The van der Waals surface area contributed by atoms with E-state index < -0.39 is 25.9 Å². The third kappa shape index (κ3) is 4.27. The van der Waals surface area contributed by atoms with Crippen LogP contribution in [0.4, 0.5) is 10.1 Å². The minimum atomic E-state index is -3.95. The maximum Gasteiger partial charge on any atom is 0.261 e. The second-order valence-corrected chi connectivity index (χ2v) is 8.04. The molecule has 6 nitrogen and oxygen atoms in total. The van der Waals surface area contributed by atoms with E-state index in [0.717, 1.165) is 12.1 Å². The highest BCUT2D eigenvalue weighted by Crippen LogP contribution is 2.19. The Balaban J connectivity index is 2.24. The molecule has 0 aliphatic rings. The Hall–Kier alpha value is -1.97. The Morgan fingerprint density at radius 1 is 0.913 bits per heavy atom. The third-order valence-electron chi connectivity index (χ3n) is 2.86. The SMILES string of the molecule is CCNS(=O)(=O)c1ccc(NS(=O)(=O)c2cccc(F)c2)cc1. The van der Waals surface area contributed by atoms with Crippen LogP contribution >= 0.6 is 0 Å². The van der Waals surface area contributed by atoms with Crippen molar-refractivity contribution >= 4 is 25.7 Å². The van der Waals surface area contributed by atoms with Gasteiger partial charge in [-0.2, -0.15) is 0 Å². The van der Waals surface area contributed by atoms with E-state index in [1.54, 1.807) is 6.92 Å². The molecule has 0 radical (unpaired) electrons. The van der Waals surface area contributed by atoms with Crippen molar-refractivity contribution in [1.29, 1.82) is 0 Å². The molecular formula is C14H15FN2O4S2. The van der Waals surface area contributed by atoms with Crippen molar-refractivity contribution in [2.24, 2.45) is 0 Å². The predicted octanol–water partition coefficient (Wildman–Crippen LogP) is 1.92. The topological polar surface area (TPSA) is 92.3 Å². The lowest BCUT2D eigenvalue weighted by Crippen LogP contribution is -2.23. The van der Waals surface area contributed by atoms with E-state index in [9.17, 15) is 21.2 Å². The molecule has 0 saturated heterocycles. The van der Waals surface area contributed by atoms with E-state index >= 15 is 0 Å². The van der Waals surface area contributed by atoms with Gasteiger partial charge in [0.15, 0.2) is 0 Å². The summed E-state index contributed by atoms with van der Waals surface area (Å²) >= 11 is 0. The summed E-state index contributed by atoms with van der Waals surface area (Å²) in [6.07, 6.45) is 0. The fourth-order valence-corrected chi connectivity index (χ4v) is 3.95. The van der Waals surface area contributed by atoms with Gasteiger partial charge in [0, 0.05) is 12.2 Å². The van der Waals surface area contributed by atoms with E-state index in [2.05, 4.69) is 9.44 Å². The fourth-order valence-electron chi connectivity index (χ4n) is 1.82. The minimum absolute atomic E-state index is 0.0213. The maximum atomic E-state index is 13.1. The number of sulfonamides is 2. The Bertz CT molecular complexity index is 895. The van der Waals surface area contributed by atoms with Crippen molar-refractivity contribution in [3.63, 3.8) is 0 Å². The summed E-state index contributed by atoms with van der Waals surface area (Å²) in [6, 6.07) is 9.78. The summed E-state index contributed by atoms with van der Waals surface area (Å²) in [5.74, 6) is -0.667. The van der Waals surface area contributed by atoms with Crippen molar-refractivity contribution in [2.45, 2.75) is 16.7 Å². The molecule has 2 aromatic carbocycles. The fraction of sp³-hybridized carbons (Fsp3) is 0.143. The van der Waals surface area contributed by atoms with E-state index in [0.29, 0.717) is 0 Å². The summed E-state index contributed by atoms with van der Waals surface area (Å²) in [5, 5.41) is 0. The molecule has 0 aromatic heterocycles. The van der Waals surface area contributed by atoms with Crippen molar-refractivity contribution in [1.82, 2.24) is 4.72 Å². The molecule has 0 saturated carbocycles. The average molecular weight is 358 g/mol. The zero-order valence-electron chi connectivity index (χ0n) is 12.2. The molecule has 2 rings (SSSR count). The van der Waals surface area contributed by atoms with Gasteiger partial charge in [0.25, 0.3) is 10.0 Å². The van der Waals surface area contributed by atoms with Crippen molar-refractivity contribution in [3.8, 4) is 0 Å². The number of hydrogen-bond acceptors (Lipinski definition) is 4. The van der Waals surface area contributed by atoms with Crippen LogP contribution in [0, 0.1) is 5.82 Å². The van der Waals surface area contributed by atoms with Gasteiger partial charge in [0.1, 0.15) is 5.82 Å². The lowest BCUT2D eigenvalue weighted by Gasteiger charge is -2.09. The standard InChI is InChI=1S/C14H15FN2O4S2/c1-2-16-22(18,19)13-8-6-12(7-9-13)17-23(20,21)14-5-3-4-11(15)10-14/h3-10,16-17H,2H2,1H3. The van der Waals surface area contributed by atoms with Gasteiger partial charge in [-0.15, -0.1) is 0 Å². The molecule has 2 aromatic rings. The normalized spacial score (nSPS) is 12.1. The summed E-state index contributed by atoms with van der Waals surface area (Å²) in [4.78, 5) is -0.199. The molecule has 124 valence electrons. The Morgan fingerprint density at radius 2 is 1.57 bits per heavy atom. The highest BCUT2D eigenvalue weighted by Gasteiger charge is 2.16. The molecule has 0 aliphatic carbocycles. The van der Waals surface area contributed by atoms with E-state index in [1.807, 2.05) is 0 Å². The molecule has 23 heavy (non-hydrogen) atoms. The zero-order chi connectivity index (χ0) is 17.1. The highest BCUT2D eigenvalue weighted by molar-refractivity contribution is 7.92. The van der Waals surface area contributed by atoms with E-state index in [4.69, 9.17) is 0 Å². The second kappa shape index (κ2) is 6.65. The smallest absolute Gasteiger partial charge is 0.261 e. The minimum Gasteiger partial charge on any atom is -0.280 e. The average Bonchev–Trinajstić information content (AvgIpc) is 2.47. The molecule has 0 amide bonds. The van der Waals surface area contributed by atoms with Crippen LogP contribution in [0.5, 0.6) is 0 Å². The van der Waals surface area contributed by atoms with Crippen LogP contribution in [-0.2, 0) is 20.0 Å². The van der Waals surface area contributed by atoms with Crippen molar-refractivity contribution in [2.75, 3.05) is 11.3 Å². The number of halogens is 1. The van der Waals surface area contributed by atoms with Gasteiger partial charge >= 0.3 is 0 Å². The molecule has 0 unspecified atom stereocenters. The van der Waals surface area contributed by atoms with Gasteiger partial charge in [0.2, 0.25) is 10.0 Å². The largest absolute Gasteiger partial charge is 0.280 e. The number of nitrogens with one attached hydrogen (secondary N) is 2. The molecule has 0 spiro atoms. The van der Waals surface area contributed by atoms with E-state index in [-0.39, 0.29) is 22.0 Å². The molecule has 0 heterocycles. The number of hydrogen-bond donors (Lipinski definition) is 2. The van der Waals surface area contributed by atoms with Crippen LogP contribution in [0.3, 0.4) is 0 Å². The Kier molecular flexibility index (Phi) is 5.03. The molecule has 0 aliphatic heterocycles. The highest BCUT2D eigenvalue weighted by atomic mass is 32.2. The van der Waals surface area contributed by atoms with E-state index in [1.165, 1.54) is 36.4 Å². The van der Waals surface area contributed by atoms with Crippen LogP contribution in [0.1, 0.15) is 6.92 Å². The summed E-state index contributed by atoms with van der Waals surface area (Å²) in [7, 11) is -7.55. The monoisotopic (exact) mass is 358 g/mol. The first-order chi connectivity index (χ1) is 10.7. The number of benzene rings is 2. The molecule has 0 atom stereocenters. The van der Waals surface area contributed by atoms with Crippen LogP contribution in [-0.4, -0.2) is 23.4 Å². The van der Waals surface area contributed by atoms with Crippen LogP contribution < -0.4 is 9.44 Å². The summed E-state index contributed by atoms with van der Waals surface area (Å²) in [5.41, 5.74) is 0.171. The lowest BCUT2D eigenvalue weighted by atomic mass is 10.3. The van der Waals surface area contributed by atoms with Crippen LogP contribution in [0.15, 0.2) is 58.3 Å². The van der Waals surface area contributed by atoms with Gasteiger partial charge in [-0.05, 0) is 42.5 Å². The Labute approximate surface area is 134 Å². The van der Waals surface area contributed by atoms with Crippen molar-refractivity contribution < 1.29 is 21.2 Å². The summed E-state index contributed by atoms with van der Waals surface area (Å²) in [6.45, 7) is 1.90. The molecule has 2 N–H and O–H groups in total. The van der Waals surface area contributed by atoms with Crippen LogP contribution in [0.25, 0.3) is 0 Å². The molecule has 9 heteroatoms. The zero-order valence-corrected chi connectivity index (χ0v) is 13.8. The molecule has 0 fully saturated rings. The number of rotatable bonds is 6. The quantitative estimate of drug-likeness (QED) is 0.825. The third-order valence-corrected chi connectivity index (χ3v) is 5.80. The first-order valence-corrected chi connectivity index (χ1v) is 9.59. The maximum absolute atomic E-state index is 13.1. The Morgan fingerprint density at radius 3 is 2.13 bits per heavy atom. The van der Waals surface area contributed by atoms with Crippen molar-refractivity contribution in [3.05, 3.63) is 54.3 Å². The van der Waals surface area contributed by atoms with Gasteiger partial charge in [-0.25, -0.2) is 25.9 Å². The molecule has 0 bridgehead atoms. The van der Waals surface area contributed by atoms with Crippen LogP contribution in [0.2, 0.25) is 0 Å². The van der Waals surface area contributed by atoms with Gasteiger partial charge < -0.3 is 0 Å². The molecular weight excluding hydrogens is 343 g/mol. The number of anilines is 1. The summed E-state index contributed by atoms with van der Waals surface area (Å²) < 4.78 is 65.6.